The Labute approximate surface area is 171 Å². The van der Waals surface area contributed by atoms with Gasteiger partial charge in [0.15, 0.2) is 11.5 Å². The van der Waals surface area contributed by atoms with E-state index in [2.05, 4.69) is 15.4 Å². The van der Waals surface area contributed by atoms with E-state index in [9.17, 15) is 23.7 Å². The number of carbonyl (C=O) groups excluding carboxylic acids is 1. The van der Waals surface area contributed by atoms with Gasteiger partial charge in [0.05, 0.1) is 11.5 Å². The van der Waals surface area contributed by atoms with Crippen LogP contribution in [0.2, 0.25) is 0 Å². The molecule has 2 aromatic carbocycles. The summed E-state index contributed by atoms with van der Waals surface area (Å²) in [5.74, 6) is -0.259. The number of alkyl halides is 2. The molecule has 0 saturated heterocycles. The molecule has 0 heterocycles. The molecule has 10 heteroatoms. The first-order valence-electron chi connectivity index (χ1n) is 9.05. The fraction of sp³-hybridized carbons (Fsp3) is 0.250. The van der Waals surface area contributed by atoms with E-state index in [1.807, 2.05) is 0 Å². The number of benzene rings is 2. The molecule has 2 rings (SSSR count). The summed E-state index contributed by atoms with van der Waals surface area (Å²) < 4.78 is 34.5. The molecule has 0 fully saturated rings. The van der Waals surface area contributed by atoms with Crippen molar-refractivity contribution in [3.05, 3.63) is 64.2 Å². The van der Waals surface area contributed by atoms with Crippen LogP contribution in [0.3, 0.4) is 0 Å². The molecule has 160 valence electrons. The highest BCUT2D eigenvalue weighted by Crippen LogP contribution is 2.30. The summed E-state index contributed by atoms with van der Waals surface area (Å²) in [7, 11) is 0. The third-order valence-corrected chi connectivity index (χ3v) is 3.74. The van der Waals surface area contributed by atoms with Gasteiger partial charge in [-0.15, -0.1) is 0 Å². The summed E-state index contributed by atoms with van der Waals surface area (Å²) in [6.07, 6.45) is 2.83. The first-order valence-corrected chi connectivity index (χ1v) is 9.05. The van der Waals surface area contributed by atoms with Crippen LogP contribution in [-0.2, 0) is 4.79 Å². The minimum Gasteiger partial charge on any atom is -0.490 e. The van der Waals surface area contributed by atoms with E-state index in [1.54, 1.807) is 19.1 Å². The SMILES string of the molecule is CCOc1cc(/C=C/C(=O)NCCNc2ccc([N+](=O)[O-])cc2)ccc1OC(F)F. The zero-order chi connectivity index (χ0) is 21.9. The maximum absolute atomic E-state index is 12.4. The average molecular weight is 421 g/mol. The van der Waals surface area contributed by atoms with Gasteiger partial charge in [-0.1, -0.05) is 6.07 Å². The number of nitro benzene ring substituents is 1. The van der Waals surface area contributed by atoms with Crippen molar-refractivity contribution in [1.82, 2.24) is 5.32 Å². The highest BCUT2D eigenvalue weighted by Gasteiger charge is 2.11. The highest BCUT2D eigenvalue weighted by molar-refractivity contribution is 5.91. The molecule has 0 spiro atoms. The van der Waals surface area contributed by atoms with Crippen LogP contribution in [-0.4, -0.2) is 37.1 Å². The first-order chi connectivity index (χ1) is 14.4. The van der Waals surface area contributed by atoms with E-state index < -0.39 is 11.5 Å². The standard InChI is InChI=1S/C20H21F2N3O5/c1-2-29-18-13-14(3-9-17(18)30-20(21)22)4-10-19(26)24-12-11-23-15-5-7-16(8-6-15)25(27)28/h3-10,13,20,23H,2,11-12H2,1H3,(H,24,26)/b10-4+. The molecule has 30 heavy (non-hydrogen) atoms. The summed E-state index contributed by atoms with van der Waals surface area (Å²) >= 11 is 0. The lowest BCUT2D eigenvalue weighted by Crippen LogP contribution is -2.27. The predicted molar refractivity (Wildman–Crippen MR) is 108 cm³/mol. The average Bonchev–Trinajstić information content (AvgIpc) is 2.71. The van der Waals surface area contributed by atoms with Gasteiger partial charge < -0.3 is 20.1 Å². The van der Waals surface area contributed by atoms with Crippen molar-refractivity contribution in [2.45, 2.75) is 13.5 Å². The number of ether oxygens (including phenoxy) is 2. The molecule has 0 aliphatic carbocycles. The molecule has 0 radical (unpaired) electrons. The first kappa shape index (κ1) is 22.6. The van der Waals surface area contributed by atoms with Crippen molar-refractivity contribution in [2.75, 3.05) is 25.0 Å². The van der Waals surface area contributed by atoms with Gasteiger partial charge in [0.2, 0.25) is 5.91 Å². The Morgan fingerprint density at radius 2 is 1.90 bits per heavy atom. The van der Waals surface area contributed by atoms with E-state index in [0.717, 1.165) is 0 Å². The quantitative estimate of drug-likeness (QED) is 0.247. The number of non-ortho nitro benzene ring substituents is 1. The number of halogens is 2. The van der Waals surface area contributed by atoms with Crippen molar-refractivity contribution < 1.29 is 28.0 Å². The summed E-state index contributed by atoms with van der Waals surface area (Å²) in [5, 5.41) is 16.3. The van der Waals surface area contributed by atoms with Crippen molar-refractivity contribution in [3.8, 4) is 11.5 Å². The fourth-order valence-electron chi connectivity index (χ4n) is 2.41. The maximum Gasteiger partial charge on any atom is 0.387 e. The summed E-state index contributed by atoms with van der Waals surface area (Å²) in [4.78, 5) is 22.0. The Balaban J connectivity index is 1.82. The lowest BCUT2D eigenvalue weighted by Gasteiger charge is -2.11. The lowest BCUT2D eigenvalue weighted by atomic mass is 10.2. The number of hydrogen-bond acceptors (Lipinski definition) is 6. The summed E-state index contributed by atoms with van der Waals surface area (Å²) in [6.45, 7) is -0.227. The van der Waals surface area contributed by atoms with Gasteiger partial charge in [-0.3, -0.25) is 14.9 Å². The normalized spacial score (nSPS) is 10.8. The molecule has 2 N–H and O–H groups in total. The molecule has 0 aliphatic heterocycles. The molecular formula is C20H21F2N3O5. The molecule has 0 saturated carbocycles. The van der Waals surface area contributed by atoms with Crippen LogP contribution in [0.5, 0.6) is 11.5 Å². The van der Waals surface area contributed by atoms with E-state index in [-0.39, 0.29) is 29.7 Å². The number of nitro groups is 1. The molecule has 0 bridgehead atoms. The van der Waals surface area contributed by atoms with Gasteiger partial charge in [0, 0.05) is 37.0 Å². The van der Waals surface area contributed by atoms with E-state index in [4.69, 9.17) is 4.74 Å². The Bertz CT molecular complexity index is 889. The van der Waals surface area contributed by atoms with Crippen LogP contribution >= 0.6 is 0 Å². The number of nitrogens with one attached hydrogen (secondary N) is 2. The van der Waals surface area contributed by atoms with Crippen LogP contribution in [0.4, 0.5) is 20.2 Å². The fourth-order valence-corrected chi connectivity index (χ4v) is 2.41. The highest BCUT2D eigenvalue weighted by atomic mass is 19.3. The van der Waals surface area contributed by atoms with Gasteiger partial charge >= 0.3 is 6.61 Å². The smallest absolute Gasteiger partial charge is 0.387 e. The number of rotatable bonds is 11. The third kappa shape index (κ3) is 7.38. The largest absolute Gasteiger partial charge is 0.490 e. The van der Waals surface area contributed by atoms with Gasteiger partial charge in [-0.05, 0) is 42.8 Å². The molecule has 0 aliphatic rings. The number of nitrogens with zero attached hydrogens (tertiary/aromatic N) is 1. The summed E-state index contributed by atoms with van der Waals surface area (Å²) in [6, 6.07) is 10.3. The van der Waals surface area contributed by atoms with Crippen molar-refractivity contribution in [3.63, 3.8) is 0 Å². The second-order valence-electron chi connectivity index (χ2n) is 5.87. The molecule has 8 nitrogen and oxygen atoms in total. The molecular weight excluding hydrogens is 400 g/mol. The van der Waals surface area contributed by atoms with Crippen LogP contribution in [0, 0.1) is 10.1 Å². The minimum atomic E-state index is -2.96. The van der Waals surface area contributed by atoms with Gasteiger partial charge in [0.1, 0.15) is 0 Å². The number of carbonyl (C=O) groups is 1. The molecule has 1 amide bonds. The number of amides is 1. The second kappa shape index (κ2) is 11.3. The number of hydrogen-bond donors (Lipinski definition) is 2. The van der Waals surface area contributed by atoms with E-state index >= 15 is 0 Å². The summed E-state index contributed by atoms with van der Waals surface area (Å²) in [5.41, 5.74) is 1.28. The van der Waals surface area contributed by atoms with Crippen LogP contribution in [0.1, 0.15) is 12.5 Å². The van der Waals surface area contributed by atoms with E-state index in [0.29, 0.717) is 24.3 Å². The zero-order valence-electron chi connectivity index (χ0n) is 16.1. The Morgan fingerprint density at radius 1 is 1.17 bits per heavy atom. The molecule has 0 atom stereocenters. The van der Waals surface area contributed by atoms with Crippen LogP contribution < -0.4 is 20.1 Å². The van der Waals surface area contributed by atoms with Gasteiger partial charge in [-0.25, -0.2) is 0 Å². The lowest BCUT2D eigenvalue weighted by molar-refractivity contribution is -0.384. The topological polar surface area (TPSA) is 103 Å². The maximum atomic E-state index is 12.4. The molecule has 0 unspecified atom stereocenters. The Morgan fingerprint density at radius 3 is 2.53 bits per heavy atom. The second-order valence-corrected chi connectivity index (χ2v) is 5.87. The van der Waals surface area contributed by atoms with E-state index in [1.165, 1.54) is 42.5 Å². The third-order valence-electron chi connectivity index (χ3n) is 3.74. The van der Waals surface area contributed by atoms with Gasteiger partial charge in [-0.2, -0.15) is 8.78 Å². The zero-order valence-corrected chi connectivity index (χ0v) is 16.1. The number of anilines is 1. The van der Waals surface area contributed by atoms with Crippen LogP contribution in [0.15, 0.2) is 48.5 Å². The van der Waals surface area contributed by atoms with Crippen molar-refractivity contribution in [2.24, 2.45) is 0 Å². The molecule has 2 aromatic rings. The Hall–Kier alpha value is -3.69. The van der Waals surface area contributed by atoms with Gasteiger partial charge in [0.25, 0.3) is 5.69 Å². The minimum absolute atomic E-state index is 0.000264. The van der Waals surface area contributed by atoms with Crippen LogP contribution in [0.25, 0.3) is 6.08 Å². The Kier molecular flexibility index (Phi) is 8.55. The monoisotopic (exact) mass is 421 g/mol. The van der Waals surface area contributed by atoms with Crippen molar-refractivity contribution in [1.29, 1.82) is 0 Å². The molecule has 0 aromatic heterocycles. The predicted octanol–water partition coefficient (Wildman–Crippen LogP) is 3.84. The van der Waals surface area contributed by atoms with Crippen molar-refractivity contribution >= 4 is 23.4 Å².